The van der Waals surface area contributed by atoms with Crippen molar-refractivity contribution < 1.29 is 102 Å². The third kappa shape index (κ3) is 28.5. The van der Waals surface area contributed by atoms with Crippen molar-refractivity contribution in [1.29, 1.82) is 0 Å². The summed E-state index contributed by atoms with van der Waals surface area (Å²) in [6.07, 6.45) is -3.82. The first-order valence-corrected chi connectivity index (χ1v) is 39.6. The lowest BCUT2D eigenvalue weighted by Crippen LogP contribution is -2.67. The Morgan fingerprint density at radius 2 is 1.27 bits per heavy atom. The molecule has 120 heavy (non-hydrogen) atoms. The van der Waals surface area contributed by atoms with Gasteiger partial charge in [-0.05, 0) is 149 Å². The summed E-state index contributed by atoms with van der Waals surface area (Å²) in [7, 11) is 0. The molecule has 0 aliphatic carbocycles. The predicted octanol–water partition coefficient (Wildman–Crippen LogP) is 0.857. The minimum Gasteiger partial charge on any atom is -0.494 e. The number of H-pyrrole nitrogens is 1. The van der Waals surface area contributed by atoms with Gasteiger partial charge in [-0.25, -0.2) is 9.18 Å². The number of ether oxygens (including phenoxy) is 1. The highest BCUT2D eigenvalue weighted by Crippen LogP contribution is 2.30. The molecule has 16 N–H and O–H groups in total. The van der Waals surface area contributed by atoms with Gasteiger partial charge >= 0.3 is 11.9 Å². The molecule has 0 spiro atoms. The van der Waals surface area contributed by atoms with Crippen LogP contribution in [0.15, 0.2) is 108 Å². The van der Waals surface area contributed by atoms with Crippen molar-refractivity contribution >= 4 is 94.6 Å². The molecule has 5 aromatic carbocycles. The number of imide groups is 1. The van der Waals surface area contributed by atoms with Crippen molar-refractivity contribution in [3.63, 3.8) is 0 Å². The number of thioether (sulfide) groups is 1. The SMILES string of the molecule is CCc1cc(OCCCCN=[N+]=[N-])ccc1-c1ccc(C[C@H](NC(=O)[C@H](CC(=O)O)NC(=O)[C@H](CO)NC(=O)[C@@H](NC(=O)[C@](C)(Cc2ccccc2F)NC(=O)[C@@H](NC(=O)CNC(=O)[C@H](Cc2nn[nH]n2)NC(=O)CSCC(=O)NCCN2C(=O)c3ccc(C)cc3C2=O)[C@@H](C)O)[C@@H](C)O)C(=O)N[C@@H](CCCc2cc(C)cc(C)c2)C(=O)O)cc1. The van der Waals surface area contributed by atoms with Gasteiger partial charge in [0.2, 0.25) is 59.1 Å². The van der Waals surface area contributed by atoms with E-state index in [9.17, 15) is 92.7 Å². The summed E-state index contributed by atoms with van der Waals surface area (Å²) in [5.74, 6) is -16.4. The number of aliphatic hydroxyl groups excluding tert-OH is 3. The number of fused-ring (bicyclic) bond motifs is 1. The van der Waals surface area contributed by atoms with E-state index in [4.69, 9.17) is 10.3 Å². The van der Waals surface area contributed by atoms with Crippen LogP contribution in [0.2, 0.25) is 0 Å². The molecular formula is C80H99FN18O20S. The number of carbonyl (C=O) groups excluding carboxylic acids is 12. The average Bonchev–Trinajstić information content (AvgIpc) is 1.64. The molecule has 7 rings (SSSR count). The molecule has 0 bridgehead atoms. The highest BCUT2D eigenvalue weighted by atomic mass is 32.2. The van der Waals surface area contributed by atoms with Crippen LogP contribution in [0.4, 0.5) is 4.39 Å². The molecule has 0 radical (unpaired) electrons. The summed E-state index contributed by atoms with van der Waals surface area (Å²) in [4.78, 5) is 194. The number of nitrogens with zero attached hydrogens (tertiary/aromatic N) is 7. The normalized spacial score (nSPS) is 14.3. The fourth-order valence-corrected chi connectivity index (χ4v) is 13.6. The fourth-order valence-electron chi connectivity index (χ4n) is 12.9. The van der Waals surface area contributed by atoms with Crippen LogP contribution in [0, 0.1) is 26.6 Å². The number of hydrogen-bond donors (Lipinski definition) is 16. The quantitative estimate of drug-likeness (QED) is 0.00828. The van der Waals surface area contributed by atoms with Gasteiger partial charge in [-0.2, -0.15) is 5.21 Å². The summed E-state index contributed by atoms with van der Waals surface area (Å²) >= 11 is 0.841. The average molecular weight is 1680 g/mol. The number of rotatable bonds is 48. The summed E-state index contributed by atoms with van der Waals surface area (Å²) in [5, 5.41) is 93.3. The van der Waals surface area contributed by atoms with Crippen molar-refractivity contribution in [2.24, 2.45) is 5.11 Å². The highest BCUT2D eigenvalue weighted by molar-refractivity contribution is 8.00. The van der Waals surface area contributed by atoms with E-state index < -0.39 is 181 Å². The van der Waals surface area contributed by atoms with Crippen molar-refractivity contribution in [1.82, 2.24) is 78.7 Å². The number of nitrogens with one attached hydrogen (secondary N) is 11. The third-order valence-electron chi connectivity index (χ3n) is 19.1. The molecule has 0 saturated heterocycles. The van der Waals surface area contributed by atoms with Gasteiger partial charge in [0.05, 0.1) is 61.0 Å². The van der Waals surface area contributed by atoms with Crippen molar-refractivity contribution in [2.75, 3.05) is 50.9 Å². The number of benzene rings is 5. The Hall–Kier alpha value is -12.8. The van der Waals surface area contributed by atoms with Crippen molar-refractivity contribution in [3.05, 3.63) is 175 Å². The molecule has 6 aromatic rings. The van der Waals surface area contributed by atoms with Crippen LogP contribution in [0.5, 0.6) is 5.75 Å². The van der Waals surface area contributed by atoms with Gasteiger partial charge in [0.15, 0.2) is 5.82 Å². The van der Waals surface area contributed by atoms with E-state index >= 15 is 4.39 Å². The zero-order chi connectivity index (χ0) is 87.9. The van der Waals surface area contributed by atoms with Crippen molar-refractivity contribution in [2.45, 2.75) is 173 Å². The summed E-state index contributed by atoms with van der Waals surface area (Å²) in [6.45, 7) is 8.93. The summed E-state index contributed by atoms with van der Waals surface area (Å²) < 4.78 is 21.5. The molecule has 0 fully saturated rings. The number of azide groups is 1. The number of aliphatic carboxylic acids is 2. The van der Waals surface area contributed by atoms with E-state index in [0.29, 0.717) is 56.6 Å². The lowest BCUT2D eigenvalue weighted by molar-refractivity contribution is -0.143. The van der Waals surface area contributed by atoms with Crippen molar-refractivity contribution in [3.8, 4) is 16.9 Å². The van der Waals surface area contributed by atoms with Crippen LogP contribution in [-0.2, 0) is 89.6 Å². The second-order valence-corrected chi connectivity index (χ2v) is 29.9. The van der Waals surface area contributed by atoms with Gasteiger partial charge in [-0.3, -0.25) is 67.2 Å². The number of aryl methyl sites for hydroxylation is 5. The Balaban J connectivity index is 1.00. The molecule has 0 unspecified atom stereocenters. The molecule has 10 atom stereocenters. The van der Waals surface area contributed by atoms with Crippen LogP contribution >= 0.6 is 11.8 Å². The zero-order valence-corrected chi connectivity index (χ0v) is 67.8. The molecule has 1 aliphatic rings. The Morgan fingerprint density at radius 1 is 0.642 bits per heavy atom. The molecule has 2 heterocycles. The molecule has 40 heteroatoms. The van der Waals surface area contributed by atoms with E-state index in [2.05, 4.69) is 83.8 Å². The maximum absolute atomic E-state index is 15.6. The number of carboxylic acid groups (broad SMARTS) is 2. The summed E-state index contributed by atoms with van der Waals surface area (Å²) in [6, 6.07) is 15.0. The van der Waals surface area contributed by atoms with Gasteiger partial charge in [0.1, 0.15) is 59.4 Å². The first-order chi connectivity index (χ1) is 57.1. The van der Waals surface area contributed by atoms with E-state index in [1.54, 1.807) is 55.5 Å². The number of aliphatic hydroxyl groups is 3. The topological polar surface area (TPSA) is 576 Å². The van der Waals surface area contributed by atoms with Crippen LogP contribution in [0.25, 0.3) is 21.6 Å². The number of hydrogen-bond acceptors (Lipinski definition) is 23. The lowest BCUT2D eigenvalue weighted by atomic mass is 9.90. The predicted molar refractivity (Wildman–Crippen MR) is 431 cm³/mol. The Morgan fingerprint density at radius 3 is 1.93 bits per heavy atom. The molecule has 1 aromatic heterocycles. The fraction of sp³-hybridized carbons (Fsp3) is 0.438. The van der Waals surface area contributed by atoms with Gasteiger partial charge < -0.3 is 83.4 Å². The van der Waals surface area contributed by atoms with E-state index in [1.165, 1.54) is 18.2 Å². The number of aromatic amines is 1. The van der Waals surface area contributed by atoms with Gasteiger partial charge in [-0.15, -0.1) is 22.0 Å². The van der Waals surface area contributed by atoms with Gasteiger partial charge in [0, 0.05) is 43.8 Å². The number of carboxylic acids is 2. The Bertz CT molecular complexity index is 4720. The van der Waals surface area contributed by atoms with E-state index in [1.807, 2.05) is 51.1 Å². The number of unbranched alkanes of at least 4 members (excludes halogenated alkanes) is 1. The molecule has 642 valence electrons. The smallest absolute Gasteiger partial charge is 0.326 e. The molecule has 1 aliphatic heterocycles. The molecule has 38 nitrogen and oxygen atoms in total. The molecule has 12 amide bonds. The number of aromatic nitrogens is 4. The lowest BCUT2D eigenvalue weighted by Gasteiger charge is -2.34. The maximum atomic E-state index is 15.6. The number of halogens is 1. The monoisotopic (exact) mass is 1680 g/mol. The standard InChI is InChI=1S/C80H99FN18O20S/c1-8-50-35-53(119-29-12-11-26-85-96-82)23-25-54(50)51-21-19-48(20-22-51)34-59(71(109)87-58(78(116)117)17-13-14-49-31-44(3)30-45(4)32-49)88-72(110)61(37-67(106)107)89-73(111)62(40-100)90-74(112)68(46(5)101)92-79(118)80(7,38-52-15-9-10-16-57(52)81)93-75(113)69(47(6)102)91-64(103)39-84-70(108)60(36-63-94-97-98-95-63)86-66(105)42-120-41-65(104)83-27-28-99-76(114)55-24-18-43(2)33-56(55)77(99)115/h9-10,15-16,18-25,30-33,35,46-47,58-62,68-69,100-102H,8,11-14,17,26-29,34,36-42H2,1-7H3,(H,83,104)(H,84,108)(H,86,105)(H,87,109)(H,88,110)(H,89,111)(H,90,112)(H,91,103)(H,92,118)(H,93,113)(H,106,107)(H,116,117)(H,94,95,97,98)/t46-,47-,58+,59+,60+,61+,62+,68+,69+,80+/m1/s1. The number of tetrazole rings is 1. The first-order valence-electron chi connectivity index (χ1n) is 38.4. The zero-order valence-electron chi connectivity index (χ0n) is 67.0. The number of amides is 12. The molecule has 0 saturated carbocycles. The second kappa shape index (κ2) is 45.8. The Labute approximate surface area is 692 Å². The van der Waals surface area contributed by atoms with Crippen LogP contribution in [0.1, 0.15) is 125 Å². The Kier molecular flexibility index (Phi) is 36.0. The van der Waals surface area contributed by atoms with Crippen LogP contribution in [0.3, 0.4) is 0 Å². The largest absolute Gasteiger partial charge is 0.494 e. The number of carbonyl (C=O) groups is 14. The minimum absolute atomic E-state index is 0.0639. The van der Waals surface area contributed by atoms with Gasteiger partial charge in [-0.1, -0.05) is 107 Å². The maximum Gasteiger partial charge on any atom is 0.326 e. The third-order valence-corrected chi connectivity index (χ3v) is 20.0. The van der Waals surface area contributed by atoms with Gasteiger partial charge in [0.25, 0.3) is 11.8 Å². The van der Waals surface area contributed by atoms with E-state index in [0.717, 1.165) is 82.4 Å². The summed E-state index contributed by atoms with van der Waals surface area (Å²) in [5.41, 5.74) is 13.0. The minimum atomic E-state index is -2.43. The second-order valence-electron chi connectivity index (χ2n) is 28.9. The van der Waals surface area contributed by atoms with Crippen LogP contribution in [-0.4, -0.2) is 245 Å². The molecular weight excluding hydrogens is 1580 g/mol. The van der Waals surface area contributed by atoms with Crippen LogP contribution < -0.4 is 57.9 Å². The highest BCUT2D eigenvalue weighted by Gasteiger charge is 2.43. The van der Waals surface area contributed by atoms with E-state index in [-0.39, 0.29) is 60.0 Å². The first kappa shape index (κ1) is 94.4.